The zero-order valence-corrected chi connectivity index (χ0v) is 14.6. The summed E-state index contributed by atoms with van der Waals surface area (Å²) in [7, 11) is 0. The number of nitrogens with one attached hydrogen (secondary N) is 1. The normalized spacial score (nSPS) is 30.1. The summed E-state index contributed by atoms with van der Waals surface area (Å²) in [5.41, 5.74) is -0.694. The lowest BCUT2D eigenvalue weighted by molar-refractivity contribution is -0.129. The molecule has 1 saturated carbocycles. The Bertz CT molecular complexity index is 598. The molecule has 132 valence electrons. The molecule has 1 aliphatic heterocycles. The SMILES string of the molecule is CC(C)NC(=O)[C@H]1CO[C@@]2(CCC[C@@H](C)C2)N1C(=O)c1ccco1. The maximum Gasteiger partial charge on any atom is 0.292 e. The van der Waals surface area contributed by atoms with Crippen molar-refractivity contribution in [3.63, 3.8) is 0 Å². The summed E-state index contributed by atoms with van der Waals surface area (Å²) < 4.78 is 11.4. The summed E-state index contributed by atoms with van der Waals surface area (Å²) in [5, 5.41) is 2.90. The second-order valence-electron chi connectivity index (χ2n) is 7.29. The lowest BCUT2D eigenvalue weighted by Crippen LogP contribution is -2.57. The van der Waals surface area contributed by atoms with Crippen molar-refractivity contribution in [3.05, 3.63) is 24.2 Å². The van der Waals surface area contributed by atoms with Crippen LogP contribution in [0.4, 0.5) is 0 Å². The molecule has 1 saturated heterocycles. The number of carbonyl (C=O) groups excluding carboxylic acids is 2. The minimum atomic E-state index is -0.694. The highest BCUT2D eigenvalue weighted by atomic mass is 16.5. The lowest BCUT2D eigenvalue weighted by atomic mass is 9.83. The van der Waals surface area contributed by atoms with Crippen molar-refractivity contribution in [2.45, 2.75) is 64.3 Å². The number of amides is 2. The quantitative estimate of drug-likeness (QED) is 0.922. The number of ether oxygens (including phenoxy) is 1. The van der Waals surface area contributed by atoms with Crippen molar-refractivity contribution in [2.75, 3.05) is 6.61 Å². The van der Waals surface area contributed by atoms with Gasteiger partial charge < -0.3 is 14.5 Å². The van der Waals surface area contributed by atoms with E-state index >= 15 is 0 Å². The van der Waals surface area contributed by atoms with Gasteiger partial charge >= 0.3 is 0 Å². The van der Waals surface area contributed by atoms with Gasteiger partial charge in [0.15, 0.2) is 5.76 Å². The number of nitrogens with zero attached hydrogens (tertiary/aromatic N) is 1. The summed E-state index contributed by atoms with van der Waals surface area (Å²) in [5.74, 6) is 0.272. The monoisotopic (exact) mass is 334 g/mol. The molecule has 0 unspecified atom stereocenters. The molecular formula is C18H26N2O4. The molecule has 0 aromatic carbocycles. The Labute approximate surface area is 142 Å². The molecular weight excluding hydrogens is 308 g/mol. The predicted octanol–water partition coefficient (Wildman–Crippen LogP) is 2.55. The Morgan fingerprint density at radius 1 is 1.42 bits per heavy atom. The molecule has 2 amide bonds. The van der Waals surface area contributed by atoms with Gasteiger partial charge in [-0.2, -0.15) is 0 Å². The zero-order chi connectivity index (χ0) is 17.3. The molecule has 1 aromatic heterocycles. The van der Waals surface area contributed by atoms with Crippen LogP contribution in [0.2, 0.25) is 0 Å². The molecule has 6 nitrogen and oxygen atoms in total. The van der Waals surface area contributed by atoms with Crippen molar-refractivity contribution in [1.82, 2.24) is 10.2 Å². The van der Waals surface area contributed by atoms with Crippen molar-refractivity contribution in [3.8, 4) is 0 Å². The van der Waals surface area contributed by atoms with Crippen LogP contribution >= 0.6 is 0 Å². The standard InChI is InChI=1S/C18H26N2O4/c1-12(2)19-16(21)14-11-24-18(8-4-6-13(3)10-18)20(14)17(22)15-7-5-9-23-15/h5,7,9,12-14H,4,6,8,10-11H2,1-3H3,(H,19,21)/t13-,14-,18-/m1/s1. The van der Waals surface area contributed by atoms with Gasteiger partial charge in [-0.05, 0) is 51.2 Å². The number of hydrogen-bond acceptors (Lipinski definition) is 4. The van der Waals surface area contributed by atoms with E-state index in [1.54, 1.807) is 17.0 Å². The first-order valence-corrected chi connectivity index (χ1v) is 8.74. The third-order valence-electron chi connectivity index (χ3n) is 4.88. The van der Waals surface area contributed by atoms with E-state index in [9.17, 15) is 9.59 Å². The minimum absolute atomic E-state index is 0.0138. The number of carbonyl (C=O) groups is 2. The first kappa shape index (κ1) is 17.0. The Morgan fingerprint density at radius 3 is 2.83 bits per heavy atom. The molecule has 3 rings (SSSR count). The summed E-state index contributed by atoms with van der Waals surface area (Å²) in [4.78, 5) is 27.3. The Morgan fingerprint density at radius 2 is 2.21 bits per heavy atom. The van der Waals surface area contributed by atoms with E-state index in [4.69, 9.17) is 9.15 Å². The maximum atomic E-state index is 13.1. The van der Waals surface area contributed by atoms with Crippen molar-refractivity contribution in [1.29, 1.82) is 0 Å². The van der Waals surface area contributed by atoms with Gasteiger partial charge in [0.05, 0.1) is 12.9 Å². The van der Waals surface area contributed by atoms with E-state index in [-0.39, 0.29) is 30.2 Å². The second kappa shape index (κ2) is 6.59. The second-order valence-corrected chi connectivity index (χ2v) is 7.29. The van der Waals surface area contributed by atoms with Gasteiger partial charge in [0.1, 0.15) is 11.8 Å². The topological polar surface area (TPSA) is 71.8 Å². The number of rotatable bonds is 3. The van der Waals surface area contributed by atoms with E-state index in [1.165, 1.54) is 6.26 Å². The van der Waals surface area contributed by atoms with Gasteiger partial charge in [0.25, 0.3) is 5.91 Å². The largest absolute Gasteiger partial charge is 0.459 e. The first-order chi connectivity index (χ1) is 11.4. The molecule has 1 N–H and O–H groups in total. The van der Waals surface area contributed by atoms with Crippen molar-refractivity contribution < 1.29 is 18.7 Å². The van der Waals surface area contributed by atoms with Crippen LogP contribution in [0.5, 0.6) is 0 Å². The zero-order valence-electron chi connectivity index (χ0n) is 14.6. The molecule has 2 aliphatic rings. The van der Waals surface area contributed by atoms with Crippen molar-refractivity contribution in [2.24, 2.45) is 5.92 Å². The average molecular weight is 334 g/mol. The van der Waals surface area contributed by atoms with Gasteiger partial charge in [-0.15, -0.1) is 0 Å². The fourth-order valence-corrected chi connectivity index (χ4v) is 3.91. The molecule has 2 heterocycles. The molecule has 3 atom stereocenters. The number of furan rings is 1. The molecule has 1 aliphatic carbocycles. The molecule has 1 aromatic rings. The van der Waals surface area contributed by atoms with E-state index in [0.717, 1.165) is 25.7 Å². The lowest BCUT2D eigenvalue weighted by Gasteiger charge is -2.43. The van der Waals surface area contributed by atoms with Gasteiger partial charge in [-0.1, -0.05) is 13.3 Å². The summed E-state index contributed by atoms with van der Waals surface area (Å²) in [6.45, 7) is 6.22. The van der Waals surface area contributed by atoms with Crippen LogP contribution in [0.25, 0.3) is 0 Å². The summed E-state index contributed by atoms with van der Waals surface area (Å²) in [6.07, 6.45) is 5.10. The fourth-order valence-electron chi connectivity index (χ4n) is 3.91. The Balaban J connectivity index is 1.92. The molecule has 0 bridgehead atoms. The van der Waals surface area contributed by atoms with Gasteiger partial charge in [0.2, 0.25) is 5.91 Å². The molecule has 2 fully saturated rings. The third kappa shape index (κ3) is 3.07. The van der Waals surface area contributed by atoms with Gasteiger partial charge in [0, 0.05) is 6.04 Å². The summed E-state index contributed by atoms with van der Waals surface area (Å²) >= 11 is 0. The van der Waals surface area contributed by atoms with E-state index in [0.29, 0.717) is 5.92 Å². The van der Waals surface area contributed by atoms with Crippen LogP contribution in [0.1, 0.15) is 57.0 Å². The maximum absolute atomic E-state index is 13.1. The first-order valence-electron chi connectivity index (χ1n) is 8.74. The molecule has 24 heavy (non-hydrogen) atoms. The summed E-state index contributed by atoms with van der Waals surface area (Å²) in [6, 6.07) is 2.72. The van der Waals surface area contributed by atoms with E-state index in [2.05, 4.69) is 12.2 Å². The fraction of sp³-hybridized carbons (Fsp3) is 0.667. The molecule has 1 spiro atoms. The minimum Gasteiger partial charge on any atom is -0.459 e. The highest BCUT2D eigenvalue weighted by molar-refractivity contribution is 5.96. The van der Waals surface area contributed by atoms with Crippen LogP contribution < -0.4 is 5.32 Å². The van der Waals surface area contributed by atoms with Crippen LogP contribution in [0, 0.1) is 5.92 Å². The highest BCUT2D eigenvalue weighted by Gasteiger charge is 2.54. The van der Waals surface area contributed by atoms with Crippen molar-refractivity contribution >= 4 is 11.8 Å². The molecule has 6 heteroatoms. The average Bonchev–Trinajstić information content (AvgIpc) is 3.14. The predicted molar refractivity (Wildman–Crippen MR) is 88.3 cm³/mol. The molecule has 0 radical (unpaired) electrons. The van der Waals surface area contributed by atoms with Gasteiger partial charge in [-0.3, -0.25) is 14.5 Å². The number of hydrogen-bond donors (Lipinski definition) is 1. The highest BCUT2D eigenvalue weighted by Crippen LogP contribution is 2.43. The van der Waals surface area contributed by atoms with Gasteiger partial charge in [-0.25, -0.2) is 0 Å². The smallest absolute Gasteiger partial charge is 0.292 e. The third-order valence-corrected chi connectivity index (χ3v) is 4.88. The van der Waals surface area contributed by atoms with E-state index < -0.39 is 11.8 Å². The Kier molecular flexibility index (Phi) is 4.67. The van der Waals surface area contributed by atoms with Crippen LogP contribution in [0.15, 0.2) is 22.8 Å². The Hall–Kier alpha value is -1.82. The van der Waals surface area contributed by atoms with Crippen LogP contribution in [-0.4, -0.2) is 41.1 Å². The van der Waals surface area contributed by atoms with Crippen LogP contribution in [-0.2, 0) is 9.53 Å². The van der Waals surface area contributed by atoms with Crippen LogP contribution in [0.3, 0.4) is 0 Å². The van der Waals surface area contributed by atoms with E-state index in [1.807, 2.05) is 13.8 Å².